The van der Waals surface area contributed by atoms with Gasteiger partial charge in [-0.05, 0) is 116 Å². The molecule has 0 saturated heterocycles. The van der Waals surface area contributed by atoms with Gasteiger partial charge in [0.05, 0.1) is 11.3 Å². The van der Waals surface area contributed by atoms with Crippen molar-refractivity contribution >= 4 is 29.1 Å². The molecule has 3 fully saturated rings. The number of ether oxygens (including phenoxy) is 1. The number of fused-ring (bicyclic) bond motifs is 5. The smallest absolute Gasteiger partial charge is 0.316 e. The lowest BCUT2D eigenvalue weighted by molar-refractivity contribution is -0.232. The first-order valence-electron chi connectivity index (χ1n) is 18.0. The Labute approximate surface area is 297 Å². The van der Waals surface area contributed by atoms with Crippen molar-refractivity contribution in [1.82, 2.24) is 0 Å². The predicted molar refractivity (Wildman–Crippen MR) is 194 cm³/mol. The Morgan fingerprint density at radius 3 is 2.51 bits per heavy atom. The van der Waals surface area contributed by atoms with Crippen molar-refractivity contribution in [2.24, 2.45) is 34.0 Å². The molecule has 5 aliphatic carbocycles. The number of hydrogen-bond donors (Lipinski definition) is 1. The quantitative estimate of drug-likeness (QED) is 0.156. The third-order valence-electron chi connectivity index (χ3n) is 13.4. The van der Waals surface area contributed by atoms with Gasteiger partial charge in [0.2, 0.25) is 0 Å². The minimum Gasteiger partial charge on any atom is -0.458 e. The Morgan fingerprint density at radius 1 is 1.12 bits per heavy atom. The van der Waals surface area contributed by atoms with E-state index >= 15 is 4.39 Å². The molecule has 3 saturated carbocycles. The standard InChI is InChI=1S/C42H54ClFO5/c1-9-26(2)12-10-13-27(3)15-17-32-28(4)14-11-20-38(32,6)37(47)49-36-24-40(8)34(22-29(5)42(40,48)35(46)25-43)33-18-16-30-23-31(45)19-21-39(30,7)41(33,36)44/h9-10,12-13,15,17,19,21,23,29,33-34,36,48H,11,14,16,18,20,22,24-25H2,1-8H3/b12-10+,17-15+,26-9+,27-13+/t29-,33+,34+,36+,38?,39+,40+,41+,42+/m1/s1. The highest BCUT2D eigenvalue weighted by atomic mass is 35.5. The molecule has 49 heavy (non-hydrogen) atoms. The van der Waals surface area contributed by atoms with Gasteiger partial charge in [-0.3, -0.25) is 14.4 Å². The molecular formula is C42H54ClFO5. The van der Waals surface area contributed by atoms with Crippen LogP contribution in [0.5, 0.6) is 0 Å². The molecule has 0 aromatic heterocycles. The molecule has 0 amide bonds. The van der Waals surface area contributed by atoms with E-state index in [1.807, 2.05) is 91.8 Å². The summed E-state index contributed by atoms with van der Waals surface area (Å²) in [5.41, 5.74) is -2.31. The van der Waals surface area contributed by atoms with Crippen molar-refractivity contribution in [2.45, 2.75) is 118 Å². The average molecular weight is 693 g/mol. The second-order valence-electron chi connectivity index (χ2n) is 16.1. The fraction of sp³-hybridized carbons (Fsp3) is 0.595. The highest BCUT2D eigenvalue weighted by Gasteiger charge is 2.76. The Morgan fingerprint density at radius 2 is 1.84 bits per heavy atom. The molecule has 0 aromatic carbocycles. The monoisotopic (exact) mass is 692 g/mol. The number of rotatable bonds is 8. The predicted octanol–water partition coefficient (Wildman–Crippen LogP) is 9.22. The van der Waals surface area contributed by atoms with Crippen LogP contribution in [0.4, 0.5) is 4.39 Å². The van der Waals surface area contributed by atoms with Gasteiger partial charge in [-0.25, -0.2) is 4.39 Å². The van der Waals surface area contributed by atoms with Crippen LogP contribution in [-0.2, 0) is 19.1 Å². The van der Waals surface area contributed by atoms with Gasteiger partial charge >= 0.3 is 5.97 Å². The zero-order valence-electron chi connectivity index (χ0n) is 30.5. The first-order valence-corrected chi connectivity index (χ1v) is 18.5. The third-order valence-corrected chi connectivity index (χ3v) is 13.7. The van der Waals surface area contributed by atoms with E-state index in [1.165, 1.54) is 12.2 Å². The van der Waals surface area contributed by atoms with Crippen LogP contribution in [-0.4, -0.2) is 45.9 Å². The molecule has 5 nitrogen and oxygen atoms in total. The summed E-state index contributed by atoms with van der Waals surface area (Å²) in [4.78, 5) is 40.6. The van der Waals surface area contributed by atoms with Gasteiger partial charge in [0.1, 0.15) is 11.7 Å². The summed E-state index contributed by atoms with van der Waals surface area (Å²) in [5, 5.41) is 12.2. The SMILES string of the molecule is C/C=C(C)/C=C/C=C(C)/C=C/C1=C(C)CCCC1(C)C(=O)O[C@H]1C[C@@]2(C)[C@@H](C[C@@H](C)[C@]2(O)C(=O)CCl)[C@@H]2CCC3=CC(=O)C=C[C@]3(C)[C@@]12F. The summed E-state index contributed by atoms with van der Waals surface area (Å²) in [6.07, 6.45) is 19.0. The Bertz CT molecular complexity index is 1630. The number of aliphatic hydroxyl groups is 1. The van der Waals surface area contributed by atoms with Crippen LogP contribution in [0, 0.1) is 34.0 Å². The number of hydrogen-bond acceptors (Lipinski definition) is 5. The van der Waals surface area contributed by atoms with Crippen molar-refractivity contribution in [3.8, 4) is 0 Å². The Hall–Kier alpha value is -2.83. The highest BCUT2D eigenvalue weighted by molar-refractivity contribution is 6.29. The molecule has 0 radical (unpaired) electrons. The maximum Gasteiger partial charge on any atom is 0.316 e. The summed E-state index contributed by atoms with van der Waals surface area (Å²) < 4.78 is 25.3. The summed E-state index contributed by atoms with van der Waals surface area (Å²) in [7, 11) is 0. The zero-order valence-corrected chi connectivity index (χ0v) is 31.3. The van der Waals surface area contributed by atoms with Gasteiger partial charge in [-0.15, -0.1) is 11.6 Å². The van der Waals surface area contributed by atoms with Crippen LogP contribution in [0.2, 0.25) is 0 Å². The highest BCUT2D eigenvalue weighted by Crippen LogP contribution is 2.71. The van der Waals surface area contributed by atoms with E-state index in [2.05, 4.69) is 0 Å². The number of halogens is 2. The molecule has 0 spiro atoms. The maximum atomic E-state index is 18.8. The second-order valence-corrected chi connectivity index (χ2v) is 16.4. The third kappa shape index (κ3) is 5.73. The number of ketones is 2. The molecule has 1 N–H and O–H groups in total. The average Bonchev–Trinajstić information content (AvgIpc) is 3.26. The van der Waals surface area contributed by atoms with E-state index in [1.54, 1.807) is 6.08 Å². The van der Waals surface area contributed by atoms with Crippen molar-refractivity contribution in [2.75, 3.05) is 5.88 Å². The molecule has 1 unspecified atom stereocenters. The molecule has 0 bridgehead atoms. The summed E-state index contributed by atoms with van der Waals surface area (Å²) in [6, 6.07) is 0. The first kappa shape index (κ1) is 37.4. The van der Waals surface area contributed by atoms with Crippen LogP contribution in [0.3, 0.4) is 0 Å². The Kier molecular flexibility index (Phi) is 10.2. The van der Waals surface area contributed by atoms with Crippen LogP contribution in [0.1, 0.15) is 100 Å². The topological polar surface area (TPSA) is 80.7 Å². The summed E-state index contributed by atoms with van der Waals surface area (Å²) in [5.74, 6) is -2.94. The lowest BCUT2D eigenvalue weighted by Gasteiger charge is -2.63. The molecule has 9 atom stereocenters. The maximum absolute atomic E-state index is 18.8. The minimum atomic E-state index is -2.07. The minimum absolute atomic E-state index is 0.0334. The molecule has 7 heteroatoms. The van der Waals surface area contributed by atoms with Crippen molar-refractivity contribution in [3.05, 3.63) is 82.5 Å². The van der Waals surface area contributed by atoms with E-state index in [4.69, 9.17) is 16.3 Å². The van der Waals surface area contributed by atoms with Gasteiger partial charge in [-0.2, -0.15) is 0 Å². The van der Waals surface area contributed by atoms with Crippen LogP contribution in [0.25, 0.3) is 0 Å². The number of carbonyl (C=O) groups is 3. The van der Waals surface area contributed by atoms with Gasteiger partial charge in [0.25, 0.3) is 0 Å². The van der Waals surface area contributed by atoms with Crippen molar-refractivity contribution in [3.63, 3.8) is 0 Å². The number of alkyl halides is 2. The first-order chi connectivity index (χ1) is 22.9. The van der Waals surface area contributed by atoms with Gasteiger partial charge in [0.15, 0.2) is 17.2 Å². The molecule has 0 heterocycles. The largest absolute Gasteiger partial charge is 0.458 e. The summed E-state index contributed by atoms with van der Waals surface area (Å²) in [6.45, 7) is 15.5. The normalized spacial score (nSPS) is 41.1. The molecule has 0 aromatic rings. The number of carbonyl (C=O) groups excluding carboxylic acids is 3. The second kappa shape index (κ2) is 13.4. The van der Waals surface area contributed by atoms with E-state index < -0.39 is 57.2 Å². The fourth-order valence-electron chi connectivity index (χ4n) is 10.3. The van der Waals surface area contributed by atoms with Crippen LogP contribution < -0.4 is 0 Å². The van der Waals surface area contributed by atoms with Gasteiger partial charge < -0.3 is 9.84 Å². The fourth-order valence-corrected chi connectivity index (χ4v) is 10.5. The molecule has 266 valence electrons. The van der Waals surface area contributed by atoms with Crippen LogP contribution in [0.15, 0.2) is 82.5 Å². The van der Waals surface area contributed by atoms with E-state index in [0.717, 1.165) is 35.1 Å². The molecular weight excluding hydrogens is 639 g/mol. The van der Waals surface area contributed by atoms with Gasteiger partial charge in [0, 0.05) is 16.7 Å². The van der Waals surface area contributed by atoms with E-state index in [-0.39, 0.29) is 24.0 Å². The van der Waals surface area contributed by atoms with Crippen molar-refractivity contribution < 1.29 is 28.6 Å². The molecule has 0 aliphatic heterocycles. The Balaban J connectivity index is 1.57. The van der Waals surface area contributed by atoms with Crippen molar-refractivity contribution in [1.29, 1.82) is 0 Å². The van der Waals surface area contributed by atoms with E-state index in [0.29, 0.717) is 31.3 Å². The zero-order chi connectivity index (χ0) is 36.2. The number of esters is 1. The lowest BCUT2D eigenvalue weighted by Crippen LogP contribution is -2.70. The number of allylic oxidation sites excluding steroid dienone is 13. The van der Waals surface area contributed by atoms with E-state index in [9.17, 15) is 19.5 Å². The van der Waals surface area contributed by atoms with Gasteiger partial charge in [-0.1, -0.05) is 78.7 Å². The number of Topliss-reactive ketones (excluding diaryl/α,β-unsaturated/α-hetero) is 1. The lowest BCUT2D eigenvalue weighted by atomic mass is 9.44. The van der Waals surface area contributed by atoms with Crippen LogP contribution >= 0.6 is 11.6 Å². The summed E-state index contributed by atoms with van der Waals surface area (Å²) >= 11 is 6.10. The molecule has 5 rings (SSSR count). The molecule has 5 aliphatic rings.